The molecule has 4 heteroatoms. The fourth-order valence-electron chi connectivity index (χ4n) is 1.35. The molecule has 1 N–H and O–H groups in total. The van der Waals surface area contributed by atoms with Crippen molar-refractivity contribution in [2.24, 2.45) is 0 Å². The van der Waals surface area contributed by atoms with Crippen LogP contribution < -0.4 is 5.32 Å². The maximum atomic E-state index is 10.6. The maximum absolute atomic E-state index is 10.6. The Morgan fingerprint density at radius 1 is 1.47 bits per heavy atom. The molecule has 1 aromatic rings. The summed E-state index contributed by atoms with van der Waals surface area (Å²) in [4.78, 5) is 10.6. The Bertz CT molecular complexity index is 392. The Balaban J connectivity index is 2.67. The highest BCUT2D eigenvalue weighted by atomic mass is 127. The number of hydrogen-bond donors (Lipinski definition) is 1. The van der Waals surface area contributed by atoms with Gasteiger partial charge in [-0.15, -0.1) is 0 Å². The number of carbonyl (C=O) groups excluding carboxylic acids is 1. The molecule has 1 aromatic carbocycles. The van der Waals surface area contributed by atoms with Crippen molar-refractivity contribution in [1.82, 2.24) is 5.32 Å². The first kappa shape index (κ1) is 14.3. The minimum absolute atomic E-state index is 0.618. The average molecular weight is 345 g/mol. The molecule has 17 heavy (non-hydrogen) atoms. The highest BCUT2D eigenvalue weighted by Gasteiger charge is 2.20. The third-order valence-electron chi connectivity index (χ3n) is 2.44. The smallest absolute Gasteiger partial charge is 0.155 e. The van der Waals surface area contributed by atoms with Crippen LogP contribution >= 0.6 is 22.6 Å². The Morgan fingerprint density at radius 3 is 2.65 bits per heavy atom. The van der Waals surface area contributed by atoms with Gasteiger partial charge in [-0.05, 0) is 41.2 Å². The molecule has 0 heterocycles. The second kappa shape index (κ2) is 6.88. The van der Waals surface area contributed by atoms with Crippen molar-refractivity contribution >= 4 is 28.9 Å². The van der Waals surface area contributed by atoms with Crippen LogP contribution in [0.15, 0.2) is 40.0 Å². The molecule has 0 bridgehead atoms. The molecule has 0 aliphatic carbocycles. The van der Waals surface area contributed by atoms with Gasteiger partial charge in [0, 0.05) is 13.7 Å². The van der Waals surface area contributed by atoms with Crippen molar-refractivity contribution in [1.29, 1.82) is 0 Å². The summed E-state index contributed by atoms with van der Waals surface area (Å²) < 4.78 is 6.00. The molecule has 1 atom stereocenters. The Hall–Kier alpha value is -0.720. The van der Waals surface area contributed by atoms with Crippen molar-refractivity contribution in [3.05, 3.63) is 45.6 Å². The van der Waals surface area contributed by atoms with E-state index >= 15 is 0 Å². The molecule has 0 saturated carbocycles. The normalized spacial score (nSPS) is 15.4. The number of halogens is 1. The molecule has 92 valence electrons. The van der Waals surface area contributed by atoms with Gasteiger partial charge in [0.1, 0.15) is 5.72 Å². The van der Waals surface area contributed by atoms with E-state index in [0.717, 1.165) is 6.29 Å². The Morgan fingerprint density at radius 2 is 2.12 bits per heavy atom. The van der Waals surface area contributed by atoms with Gasteiger partial charge in [0.05, 0.1) is 3.58 Å². The van der Waals surface area contributed by atoms with Gasteiger partial charge in [0.2, 0.25) is 0 Å². The third kappa shape index (κ3) is 4.97. The minimum Gasteiger partial charge on any atom is -0.360 e. The summed E-state index contributed by atoms with van der Waals surface area (Å²) >= 11 is 1.98. The van der Waals surface area contributed by atoms with Crippen LogP contribution in [0.4, 0.5) is 0 Å². The van der Waals surface area contributed by atoms with Crippen molar-refractivity contribution in [2.45, 2.75) is 19.2 Å². The maximum Gasteiger partial charge on any atom is 0.155 e. The summed E-state index contributed by atoms with van der Waals surface area (Å²) in [6.45, 7) is 2.57. The highest BCUT2D eigenvalue weighted by Crippen LogP contribution is 2.14. The Labute approximate surface area is 115 Å². The monoisotopic (exact) mass is 345 g/mol. The lowest BCUT2D eigenvalue weighted by atomic mass is 10.2. The van der Waals surface area contributed by atoms with Gasteiger partial charge in [-0.1, -0.05) is 30.3 Å². The van der Waals surface area contributed by atoms with E-state index in [-0.39, 0.29) is 0 Å². The first-order valence-corrected chi connectivity index (χ1v) is 6.35. The number of carbonyl (C=O) groups is 1. The summed E-state index contributed by atoms with van der Waals surface area (Å²) in [7, 11) is 1.61. The number of hydrogen-bond acceptors (Lipinski definition) is 3. The number of aldehydes is 1. The Kier molecular flexibility index (Phi) is 5.80. The lowest BCUT2D eigenvalue weighted by molar-refractivity contribution is -0.104. The average Bonchev–Trinajstić information content (AvgIpc) is 2.37. The van der Waals surface area contributed by atoms with Crippen LogP contribution in [-0.4, -0.2) is 19.1 Å². The van der Waals surface area contributed by atoms with Gasteiger partial charge >= 0.3 is 0 Å². The second-order valence-electron chi connectivity index (χ2n) is 3.80. The van der Waals surface area contributed by atoms with Gasteiger partial charge in [0.15, 0.2) is 6.29 Å². The number of allylic oxidation sites excluding steroid dienone is 1. The minimum atomic E-state index is -0.632. The van der Waals surface area contributed by atoms with Gasteiger partial charge in [0.25, 0.3) is 0 Å². The van der Waals surface area contributed by atoms with E-state index in [0.29, 0.717) is 10.1 Å². The molecule has 0 fully saturated rings. The summed E-state index contributed by atoms with van der Waals surface area (Å²) in [5, 5.41) is 3.27. The predicted molar refractivity (Wildman–Crippen MR) is 76.9 cm³/mol. The fraction of sp³-hybridized carbons (Fsp3) is 0.308. The van der Waals surface area contributed by atoms with Crippen LogP contribution in [0.25, 0.3) is 0 Å². The number of methoxy groups -OCH3 is 1. The van der Waals surface area contributed by atoms with Crippen LogP contribution in [0.2, 0.25) is 0 Å². The van der Waals surface area contributed by atoms with Gasteiger partial charge < -0.3 is 4.74 Å². The summed E-state index contributed by atoms with van der Waals surface area (Å²) in [6.07, 6.45) is 2.57. The zero-order chi connectivity index (χ0) is 12.7. The lowest BCUT2D eigenvalue weighted by Gasteiger charge is -2.26. The zero-order valence-corrected chi connectivity index (χ0v) is 12.1. The molecule has 0 saturated heterocycles. The van der Waals surface area contributed by atoms with Crippen LogP contribution in [-0.2, 0) is 16.1 Å². The highest BCUT2D eigenvalue weighted by molar-refractivity contribution is 14.1. The number of nitrogens with one attached hydrogen (secondary N) is 1. The lowest BCUT2D eigenvalue weighted by Crippen LogP contribution is -2.42. The standard InChI is InChI=1S/C13H16INO2/c1-13(17-2,8-12(14)10-16)15-9-11-6-4-3-5-7-11/h3-8,10,15H,9H2,1-2H3/b12-8+. The summed E-state index contributed by atoms with van der Waals surface area (Å²) in [5.74, 6) is 0. The van der Waals surface area contributed by atoms with Crippen LogP contribution in [0, 0.1) is 0 Å². The van der Waals surface area contributed by atoms with Gasteiger partial charge in [-0.2, -0.15) is 0 Å². The molecule has 0 aliphatic rings. The van der Waals surface area contributed by atoms with E-state index in [2.05, 4.69) is 5.32 Å². The molecule has 0 amide bonds. The molecule has 3 nitrogen and oxygen atoms in total. The molecule has 0 aliphatic heterocycles. The first-order valence-electron chi connectivity index (χ1n) is 5.27. The van der Waals surface area contributed by atoms with E-state index in [1.807, 2.05) is 59.8 Å². The van der Waals surface area contributed by atoms with Gasteiger partial charge in [-0.25, -0.2) is 0 Å². The largest absolute Gasteiger partial charge is 0.360 e. The molecule has 1 rings (SSSR count). The van der Waals surface area contributed by atoms with E-state index in [1.165, 1.54) is 5.56 Å². The molecular formula is C13H16INO2. The number of benzene rings is 1. The van der Waals surface area contributed by atoms with E-state index in [1.54, 1.807) is 13.2 Å². The third-order valence-corrected chi connectivity index (χ3v) is 3.00. The summed E-state index contributed by atoms with van der Waals surface area (Å²) in [6, 6.07) is 10.0. The van der Waals surface area contributed by atoms with Crippen molar-refractivity contribution < 1.29 is 9.53 Å². The molecule has 1 unspecified atom stereocenters. The number of ether oxygens (including phenoxy) is 1. The second-order valence-corrected chi connectivity index (χ2v) is 5.04. The van der Waals surface area contributed by atoms with Gasteiger partial charge in [-0.3, -0.25) is 10.1 Å². The molecule has 0 aromatic heterocycles. The van der Waals surface area contributed by atoms with Crippen LogP contribution in [0.3, 0.4) is 0 Å². The van der Waals surface area contributed by atoms with E-state index < -0.39 is 5.72 Å². The molecule has 0 spiro atoms. The predicted octanol–water partition coefficient (Wildman–Crippen LogP) is 2.66. The van der Waals surface area contributed by atoms with Crippen LogP contribution in [0.1, 0.15) is 12.5 Å². The summed E-state index contributed by atoms with van der Waals surface area (Å²) in [5.41, 5.74) is 0.540. The topological polar surface area (TPSA) is 38.3 Å². The van der Waals surface area contributed by atoms with Crippen molar-refractivity contribution in [3.63, 3.8) is 0 Å². The first-order chi connectivity index (χ1) is 8.09. The fourth-order valence-corrected chi connectivity index (χ4v) is 1.95. The molecular weight excluding hydrogens is 329 g/mol. The van der Waals surface area contributed by atoms with E-state index in [9.17, 15) is 4.79 Å². The van der Waals surface area contributed by atoms with Crippen molar-refractivity contribution in [2.75, 3.05) is 7.11 Å². The van der Waals surface area contributed by atoms with Crippen LogP contribution in [0.5, 0.6) is 0 Å². The molecule has 0 radical (unpaired) electrons. The zero-order valence-electron chi connectivity index (χ0n) is 9.94. The SMILES string of the molecule is COC(C)(/C=C(/I)C=O)NCc1ccccc1. The van der Waals surface area contributed by atoms with Crippen molar-refractivity contribution in [3.8, 4) is 0 Å². The quantitative estimate of drug-likeness (QED) is 0.373. The number of rotatable bonds is 6. The van der Waals surface area contributed by atoms with E-state index in [4.69, 9.17) is 4.74 Å².